The molecule has 3 N–H and O–H groups in total. The van der Waals surface area contributed by atoms with Crippen molar-refractivity contribution in [3.8, 4) is 0 Å². The van der Waals surface area contributed by atoms with E-state index in [0.717, 1.165) is 25.9 Å². The molecule has 1 spiro atoms. The van der Waals surface area contributed by atoms with Gasteiger partial charge < -0.3 is 25.4 Å². The smallest absolute Gasteiger partial charge is 0.319 e. The molecule has 1 aromatic rings. The van der Waals surface area contributed by atoms with E-state index in [-0.39, 0.29) is 23.6 Å². The highest BCUT2D eigenvalue weighted by Gasteiger charge is 2.41. The Labute approximate surface area is 147 Å². The Hall–Kier alpha value is -2.12. The zero-order valence-electron chi connectivity index (χ0n) is 14.5. The van der Waals surface area contributed by atoms with E-state index in [1.54, 1.807) is 24.3 Å². The van der Waals surface area contributed by atoms with Crippen molar-refractivity contribution in [2.75, 3.05) is 31.7 Å². The number of benzene rings is 1. The Morgan fingerprint density at radius 3 is 2.72 bits per heavy atom. The second-order valence-corrected chi connectivity index (χ2v) is 6.56. The van der Waals surface area contributed by atoms with Gasteiger partial charge in [0.05, 0.1) is 12.2 Å². The predicted octanol–water partition coefficient (Wildman–Crippen LogP) is 1.90. The van der Waals surface area contributed by atoms with Gasteiger partial charge in [0.2, 0.25) is 0 Å². The molecule has 7 heteroatoms. The maximum atomic E-state index is 12.2. The van der Waals surface area contributed by atoms with Crippen molar-refractivity contribution < 1.29 is 19.1 Å². The minimum atomic E-state index is -0.244. The molecule has 25 heavy (non-hydrogen) atoms. The summed E-state index contributed by atoms with van der Waals surface area (Å²) < 4.78 is 11.3. The summed E-state index contributed by atoms with van der Waals surface area (Å²) >= 11 is 0. The molecule has 2 saturated heterocycles. The quantitative estimate of drug-likeness (QED) is 0.776. The summed E-state index contributed by atoms with van der Waals surface area (Å²) in [6.45, 7) is 4.41. The molecular weight excluding hydrogens is 322 g/mol. The number of ether oxygens (including phenoxy) is 2. The molecule has 7 nitrogen and oxygen atoms in total. The SMILES string of the molecule is CCNC(=O)c1ccc(NC(=O)NC2CCOC3(CCOC3)C2)cc1. The van der Waals surface area contributed by atoms with Gasteiger partial charge in [-0.15, -0.1) is 0 Å². The summed E-state index contributed by atoms with van der Waals surface area (Å²) in [6, 6.07) is 6.66. The zero-order chi connectivity index (χ0) is 17.7. The van der Waals surface area contributed by atoms with Gasteiger partial charge in [0.1, 0.15) is 0 Å². The van der Waals surface area contributed by atoms with Crippen LogP contribution in [0.4, 0.5) is 10.5 Å². The number of carbonyl (C=O) groups excluding carboxylic acids is 2. The van der Waals surface area contributed by atoms with Crippen molar-refractivity contribution >= 4 is 17.6 Å². The lowest BCUT2D eigenvalue weighted by atomic mass is 9.90. The lowest BCUT2D eigenvalue weighted by Crippen LogP contribution is -2.49. The summed E-state index contributed by atoms with van der Waals surface area (Å²) in [5.74, 6) is -0.121. The molecule has 2 heterocycles. The summed E-state index contributed by atoms with van der Waals surface area (Å²) in [7, 11) is 0. The highest BCUT2D eigenvalue weighted by atomic mass is 16.6. The first-order valence-electron chi connectivity index (χ1n) is 8.78. The van der Waals surface area contributed by atoms with Gasteiger partial charge in [0.15, 0.2) is 0 Å². The van der Waals surface area contributed by atoms with Crippen LogP contribution in [0.1, 0.15) is 36.5 Å². The van der Waals surface area contributed by atoms with Gasteiger partial charge in [-0.2, -0.15) is 0 Å². The van der Waals surface area contributed by atoms with Crippen molar-refractivity contribution in [1.29, 1.82) is 0 Å². The molecule has 2 fully saturated rings. The Balaban J connectivity index is 1.51. The number of nitrogens with one attached hydrogen (secondary N) is 3. The van der Waals surface area contributed by atoms with Crippen LogP contribution >= 0.6 is 0 Å². The van der Waals surface area contributed by atoms with Gasteiger partial charge in [-0.1, -0.05) is 0 Å². The van der Waals surface area contributed by atoms with E-state index in [9.17, 15) is 9.59 Å². The lowest BCUT2D eigenvalue weighted by molar-refractivity contribution is -0.0877. The van der Waals surface area contributed by atoms with Gasteiger partial charge in [-0.05, 0) is 44.0 Å². The average Bonchev–Trinajstić information content (AvgIpc) is 3.03. The molecule has 0 aromatic heterocycles. The van der Waals surface area contributed by atoms with Gasteiger partial charge in [0.25, 0.3) is 5.91 Å². The fourth-order valence-corrected chi connectivity index (χ4v) is 3.33. The van der Waals surface area contributed by atoms with Crippen LogP contribution in [0, 0.1) is 0 Å². The van der Waals surface area contributed by atoms with E-state index in [2.05, 4.69) is 16.0 Å². The summed E-state index contributed by atoms with van der Waals surface area (Å²) in [4.78, 5) is 24.0. The maximum absolute atomic E-state index is 12.2. The molecule has 2 aliphatic rings. The van der Waals surface area contributed by atoms with Crippen LogP contribution in [0.25, 0.3) is 0 Å². The number of carbonyl (C=O) groups is 2. The molecule has 0 radical (unpaired) electrons. The van der Waals surface area contributed by atoms with E-state index >= 15 is 0 Å². The molecule has 2 aliphatic heterocycles. The van der Waals surface area contributed by atoms with Crippen LogP contribution in [0.2, 0.25) is 0 Å². The van der Waals surface area contributed by atoms with Gasteiger partial charge in [-0.25, -0.2) is 4.79 Å². The number of urea groups is 1. The first kappa shape index (κ1) is 17.7. The minimum absolute atomic E-state index is 0.0741. The number of hydrogen-bond acceptors (Lipinski definition) is 4. The number of anilines is 1. The van der Waals surface area contributed by atoms with Crippen LogP contribution in [-0.2, 0) is 9.47 Å². The zero-order valence-corrected chi connectivity index (χ0v) is 14.5. The Morgan fingerprint density at radius 1 is 1.24 bits per heavy atom. The second-order valence-electron chi connectivity index (χ2n) is 6.56. The number of amides is 3. The summed E-state index contributed by atoms with van der Waals surface area (Å²) in [6.07, 6.45) is 2.45. The molecule has 0 bridgehead atoms. The Kier molecular flexibility index (Phi) is 5.55. The number of hydrogen-bond donors (Lipinski definition) is 3. The molecule has 0 aliphatic carbocycles. The average molecular weight is 347 g/mol. The molecule has 0 saturated carbocycles. The number of rotatable bonds is 4. The molecule has 2 unspecified atom stereocenters. The van der Waals surface area contributed by atoms with E-state index in [1.165, 1.54) is 0 Å². The van der Waals surface area contributed by atoms with Gasteiger partial charge >= 0.3 is 6.03 Å². The standard InChI is InChI=1S/C18H25N3O4/c1-2-19-16(22)13-3-5-14(6-4-13)20-17(23)21-15-7-9-25-18(11-15)8-10-24-12-18/h3-6,15H,2,7-12H2,1H3,(H,19,22)(H2,20,21,23). The maximum Gasteiger partial charge on any atom is 0.319 e. The van der Waals surface area contributed by atoms with Crippen molar-refractivity contribution in [2.24, 2.45) is 0 Å². The van der Waals surface area contributed by atoms with Crippen LogP contribution < -0.4 is 16.0 Å². The molecule has 2 atom stereocenters. The third-order valence-corrected chi connectivity index (χ3v) is 4.64. The topological polar surface area (TPSA) is 88.7 Å². The van der Waals surface area contributed by atoms with Crippen LogP contribution in [-0.4, -0.2) is 49.9 Å². The highest BCUT2D eigenvalue weighted by Crippen LogP contribution is 2.32. The Bertz CT molecular complexity index is 611. The fraction of sp³-hybridized carbons (Fsp3) is 0.556. The van der Waals surface area contributed by atoms with Crippen molar-refractivity contribution in [1.82, 2.24) is 10.6 Å². The first-order chi connectivity index (χ1) is 12.1. The largest absolute Gasteiger partial charge is 0.378 e. The third kappa shape index (κ3) is 4.49. The van der Waals surface area contributed by atoms with E-state index in [0.29, 0.717) is 31.0 Å². The monoisotopic (exact) mass is 347 g/mol. The minimum Gasteiger partial charge on any atom is -0.378 e. The molecular formula is C18H25N3O4. The molecule has 136 valence electrons. The van der Waals surface area contributed by atoms with Gasteiger partial charge in [-0.3, -0.25) is 4.79 Å². The van der Waals surface area contributed by atoms with Crippen molar-refractivity contribution in [3.63, 3.8) is 0 Å². The Morgan fingerprint density at radius 2 is 2.04 bits per heavy atom. The van der Waals surface area contributed by atoms with Crippen LogP contribution in [0.5, 0.6) is 0 Å². The lowest BCUT2D eigenvalue weighted by Gasteiger charge is -2.37. The van der Waals surface area contributed by atoms with Crippen molar-refractivity contribution in [2.45, 2.75) is 37.8 Å². The summed E-state index contributed by atoms with van der Waals surface area (Å²) in [5.41, 5.74) is 0.988. The van der Waals surface area contributed by atoms with Crippen LogP contribution in [0.3, 0.4) is 0 Å². The van der Waals surface area contributed by atoms with Crippen LogP contribution in [0.15, 0.2) is 24.3 Å². The van der Waals surface area contributed by atoms with E-state index < -0.39 is 0 Å². The first-order valence-corrected chi connectivity index (χ1v) is 8.78. The third-order valence-electron chi connectivity index (χ3n) is 4.64. The second kappa shape index (κ2) is 7.84. The highest BCUT2D eigenvalue weighted by molar-refractivity contribution is 5.95. The normalized spacial score (nSPS) is 25.6. The van der Waals surface area contributed by atoms with E-state index in [4.69, 9.17) is 9.47 Å². The predicted molar refractivity (Wildman–Crippen MR) is 93.7 cm³/mol. The van der Waals surface area contributed by atoms with Crippen molar-refractivity contribution in [3.05, 3.63) is 29.8 Å². The van der Waals surface area contributed by atoms with E-state index in [1.807, 2.05) is 6.92 Å². The summed E-state index contributed by atoms with van der Waals surface area (Å²) in [5, 5.41) is 8.56. The fourth-order valence-electron chi connectivity index (χ4n) is 3.33. The van der Waals surface area contributed by atoms with Gasteiger partial charge in [0, 0.05) is 43.5 Å². The molecule has 1 aromatic carbocycles. The molecule has 3 amide bonds. The molecule has 3 rings (SSSR count).